The number of anilines is 1. The van der Waals surface area contributed by atoms with Gasteiger partial charge in [0, 0.05) is 5.56 Å². The molecule has 1 atom stereocenters. The summed E-state index contributed by atoms with van der Waals surface area (Å²) in [7, 11) is 0. The van der Waals surface area contributed by atoms with Crippen LogP contribution in [0, 0.1) is 0 Å². The summed E-state index contributed by atoms with van der Waals surface area (Å²) in [6, 6.07) is 16.6. The van der Waals surface area contributed by atoms with Gasteiger partial charge in [0.2, 0.25) is 5.82 Å². The van der Waals surface area contributed by atoms with Crippen LogP contribution in [0.4, 0.5) is 5.69 Å². The van der Waals surface area contributed by atoms with Crippen molar-refractivity contribution in [3.8, 4) is 17.1 Å². The van der Waals surface area contributed by atoms with Crippen molar-refractivity contribution in [2.75, 3.05) is 5.32 Å². The van der Waals surface area contributed by atoms with Gasteiger partial charge in [0.25, 0.3) is 17.9 Å². The minimum atomic E-state index is -0.945. The quantitative estimate of drug-likeness (QED) is 0.786. The van der Waals surface area contributed by atoms with Crippen LogP contribution < -0.4 is 10.1 Å². The number of amides is 1. The third-order valence-corrected chi connectivity index (χ3v) is 3.33. The Morgan fingerprint density at radius 1 is 1.00 bits per heavy atom. The Balaban J connectivity index is 1.66. The Labute approximate surface area is 125 Å². The summed E-state index contributed by atoms with van der Waals surface area (Å²) < 4.78 is 10.9. The van der Waals surface area contributed by atoms with Crippen molar-refractivity contribution >= 4 is 11.6 Å². The highest BCUT2D eigenvalue weighted by Gasteiger charge is 2.33. The van der Waals surface area contributed by atoms with Crippen LogP contribution in [0.2, 0.25) is 0 Å². The van der Waals surface area contributed by atoms with Gasteiger partial charge in [-0.05, 0) is 12.1 Å². The van der Waals surface area contributed by atoms with Crippen LogP contribution in [-0.2, 0) is 4.79 Å². The lowest BCUT2D eigenvalue weighted by atomic mass is 10.2. The molecular formula is C16H11N3O3. The van der Waals surface area contributed by atoms with Crippen LogP contribution in [0.5, 0.6) is 5.75 Å². The maximum atomic E-state index is 12.1. The first-order chi connectivity index (χ1) is 10.8. The average Bonchev–Trinajstić information content (AvgIpc) is 3.05. The van der Waals surface area contributed by atoms with E-state index in [1.54, 1.807) is 12.1 Å². The van der Waals surface area contributed by atoms with E-state index in [1.807, 2.05) is 42.5 Å². The molecule has 4 rings (SSSR count). The summed E-state index contributed by atoms with van der Waals surface area (Å²) in [6.07, 6.45) is -0.945. The van der Waals surface area contributed by atoms with Crippen molar-refractivity contribution in [2.45, 2.75) is 6.10 Å². The van der Waals surface area contributed by atoms with E-state index in [4.69, 9.17) is 9.26 Å². The summed E-state index contributed by atoms with van der Waals surface area (Å²) in [5.41, 5.74) is 1.45. The molecule has 22 heavy (non-hydrogen) atoms. The molecule has 1 aromatic heterocycles. The molecule has 6 heteroatoms. The van der Waals surface area contributed by atoms with Gasteiger partial charge in [-0.3, -0.25) is 4.79 Å². The fourth-order valence-corrected chi connectivity index (χ4v) is 2.26. The second kappa shape index (κ2) is 5.00. The molecule has 2 heterocycles. The molecule has 0 spiro atoms. The predicted octanol–water partition coefficient (Wildman–Crippen LogP) is 2.81. The van der Waals surface area contributed by atoms with Crippen molar-refractivity contribution in [3.05, 3.63) is 60.5 Å². The monoisotopic (exact) mass is 293 g/mol. The predicted molar refractivity (Wildman–Crippen MR) is 78.2 cm³/mol. The molecule has 3 aromatic rings. The van der Waals surface area contributed by atoms with Crippen LogP contribution >= 0.6 is 0 Å². The Hall–Kier alpha value is -3.15. The molecule has 2 aromatic carbocycles. The van der Waals surface area contributed by atoms with Gasteiger partial charge in [-0.2, -0.15) is 4.98 Å². The SMILES string of the molecule is O=C1Nc2ccccc2OC1c1nc(-c2ccccc2)no1. The molecule has 0 fully saturated rings. The lowest BCUT2D eigenvalue weighted by molar-refractivity contribution is -0.124. The summed E-state index contributed by atoms with van der Waals surface area (Å²) in [5, 5.41) is 6.67. The molecule has 0 saturated heterocycles. The third-order valence-electron chi connectivity index (χ3n) is 3.33. The zero-order valence-electron chi connectivity index (χ0n) is 11.4. The third kappa shape index (κ3) is 2.10. The summed E-state index contributed by atoms with van der Waals surface area (Å²) in [4.78, 5) is 16.4. The van der Waals surface area contributed by atoms with Gasteiger partial charge in [-0.15, -0.1) is 0 Å². The summed E-state index contributed by atoms with van der Waals surface area (Å²) in [6.45, 7) is 0. The molecule has 0 radical (unpaired) electrons. The van der Waals surface area contributed by atoms with Crippen molar-refractivity contribution < 1.29 is 14.1 Å². The Morgan fingerprint density at radius 3 is 2.64 bits per heavy atom. The first-order valence-electron chi connectivity index (χ1n) is 6.77. The fourth-order valence-electron chi connectivity index (χ4n) is 2.26. The van der Waals surface area contributed by atoms with E-state index in [2.05, 4.69) is 15.5 Å². The minimum absolute atomic E-state index is 0.130. The van der Waals surface area contributed by atoms with E-state index in [-0.39, 0.29) is 11.8 Å². The van der Waals surface area contributed by atoms with Crippen molar-refractivity contribution in [1.82, 2.24) is 10.1 Å². The molecule has 1 N–H and O–H groups in total. The van der Waals surface area contributed by atoms with Crippen molar-refractivity contribution in [2.24, 2.45) is 0 Å². The smallest absolute Gasteiger partial charge is 0.277 e. The number of ether oxygens (including phenoxy) is 1. The van der Waals surface area contributed by atoms with Gasteiger partial charge in [-0.25, -0.2) is 0 Å². The van der Waals surface area contributed by atoms with Gasteiger partial charge in [-0.1, -0.05) is 47.6 Å². The lowest BCUT2D eigenvalue weighted by Crippen LogP contribution is -2.30. The van der Waals surface area contributed by atoms with E-state index in [0.717, 1.165) is 5.56 Å². The van der Waals surface area contributed by atoms with Crippen molar-refractivity contribution in [3.63, 3.8) is 0 Å². The number of hydrogen-bond donors (Lipinski definition) is 1. The Morgan fingerprint density at radius 2 is 1.77 bits per heavy atom. The van der Waals surface area contributed by atoms with Crippen LogP contribution in [0.1, 0.15) is 12.0 Å². The van der Waals surface area contributed by atoms with E-state index in [1.165, 1.54) is 0 Å². The second-order valence-corrected chi connectivity index (χ2v) is 4.81. The minimum Gasteiger partial charge on any atom is -0.468 e. The second-order valence-electron chi connectivity index (χ2n) is 4.81. The molecule has 0 bridgehead atoms. The summed E-state index contributed by atoms with van der Waals surface area (Å²) >= 11 is 0. The number of hydrogen-bond acceptors (Lipinski definition) is 5. The maximum Gasteiger partial charge on any atom is 0.277 e. The Bertz CT molecular complexity index is 829. The van der Waals surface area contributed by atoms with Gasteiger partial charge in [0.1, 0.15) is 5.75 Å². The molecule has 1 unspecified atom stereocenters. The van der Waals surface area contributed by atoms with E-state index < -0.39 is 6.10 Å². The van der Waals surface area contributed by atoms with Gasteiger partial charge >= 0.3 is 0 Å². The number of carbonyl (C=O) groups excluding carboxylic acids is 1. The average molecular weight is 293 g/mol. The molecule has 1 amide bonds. The number of fused-ring (bicyclic) bond motifs is 1. The van der Waals surface area contributed by atoms with Crippen molar-refractivity contribution in [1.29, 1.82) is 0 Å². The summed E-state index contributed by atoms with van der Waals surface area (Å²) in [5.74, 6) is 0.797. The highest BCUT2D eigenvalue weighted by molar-refractivity contribution is 5.97. The number of rotatable bonds is 2. The van der Waals surface area contributed by atoms with Gasteiger partial charge < -0.3 is 14.6 Å². The fraction of sp³-hybridized carbons (Fsp3) is 0.0625. The Kier molecular flexibility index (Phi) is 2.86. The number of aromatic nitrogens is 2. The van der Waals surface area contributed by atoms with Crippen LogP contribution in [0.15, 0.2) is 59.1 Å². The number of carbonyl (C=O) groups is 1. The van der Waals surface area contributed by atoms with E-state index >= 15 is 0 Å². The number of nitrogens with zero attached hydrogens (tertiary/aromatic N) is 2. The molecule has 108 valence electrons. The highest BCUT2D eigenvalue weighted by atomic mass is 16.5. The zero-order valence-corrected chi connectivity index (χ0v) is 11.4. The lowest BCUT2D eigenvalue weighted by Gasteiger charge is -2.23. The van der Waals surface area contributed by atoms with Gasteiger partial charge in [0.05, 0.1) is 5.69 Å². The zero-order chi connectivity index (χ0) is 14.9. The normalized spacial score (nSPS) is 16.5. The molecule has 0 aliphatic carbocycles. The molecule has 6 nitrogen and oxygen atoms in total. The molecule has 1 aliphatic rings. The number of benzene rings is 2. The molecule has 1 aliphatic heterocycles. The standard InChI is InChI=1S/C16H11N3O3/c20-15-13(21-12-9-5-4-8-11(12)17-15)16-18-14(19-22-16)10-6-2-1-3-7-10/h1-9,13H,(H,17,20). The topological polar surface area (TPSA) is 77.2 Å². The molecule has 0 saturated carbocycles. The van der Waals surface area contributed by atoms with E-state index in [9.17, 15) is 4.79 Å². The number of nitrogens with one attached hydrogen (secondary N) is 1. The van der Waals surface area contributed by atoms with Gasteiger partial charge in [0.15, 0.2) is 0 Å². The first kappa shape index (κ1) is 12.6. The maximum absolute atomic E-state index is 12.1. The largest absolute Gasteiger partial charge is 0.468 e. The van der Waals surface area contributed by atoms with Crippen LogP contribution in [0.3, 0.4) is 0 Å². The van der Waals surface area contributed by atoms with E-state index in [0.29, 0.717) is 17.3 Å². The van der Waals surface area contributed by atoms with Crippen LogP contribution in [0.25, 0.3) is 11.4 Å². The number of para-hydroxylation sites is 2. The van der Waals surface area contributed by atoms with Crippen LogP contribution in [-0.4, -0.2) is 16.0 Å². The highest BCUT2D eigenvalue weighted by Crippen LogP contribution is 2.34. The molecular weight excluding hydrogens is 282 g/mol. The first-order valence-corrected chi connectivity index (χ1v) is 6.77.